The van der Waals surface area contributed by atoms with E-state index in [0.717, 1.165) is 12.8 Å². The van der Waals surface area contributed by atoms with E-state index in [2.05, 4.69) is 5.32 Å². The van der Waals surface area contributed by atoms with E-state index in [-0.39, 0.29) is 12.6 Å². The predicted molar refractivity (Wildman–Crippen MR) is 61.4 cm³/mol. The summed E-state index contributed by atoms with van der Waals surface area (Å²) in [7, 11) is 0. The van der Waals surface area contributed by atoms with Crippen LogP contribution in [0, 0.1) is 0 Å². The Kier molecular flexibility index (Phi) is 6.91. The number of nitrogens with zero attached hydrogens (tertiary/aromatic N) is 1. The molecular formula is C11H21F3N2O2. The van der Waals surface area contributed by atoms with Crippen molar-refractivity contribution in [3.63, 3.8) is 0 Å². The lowest BCUT2D eigenvalue weighted by Crippen LogP contribution is -2.46. The van der Waals surface area contributed by atoms with Crippen molar-refractivity contribution in [2.75, 3.05) is 46.0 Å². The molecule has 0 aromatic carbocycles. The monoisotopic (exact) mass is 270 g/mol. The van der Waals surface area contributed by atoms with Crippen molar-refractivity contribution in [2.45, 2.75) is 25.1 Å². The Morgan fingerprint density at radius 1 is 1.22 bits per heavy atom. The molecule has 1 saturated heterocycles. The Labute approximate surface area is 105 Å². The van der Waals surface area contributed by atoms with Gasteiger partial charge in [-0.15, -0.1) is 0 Å². The maximum absolute atomic E-state index is 12.2. The number of ether oxygens (including phenoxy) is 1. The van der Waals surface area contributed by atoms with Crippen molar-refractivity contribution in [1.29, 1.82) is 0 Å². The third kappa shape index (κ3) is 7.15. The van der Waals surface area contributed by atoms with Gasteiger partial charge in [-0.05, 0) is 25.9 Å². The average Bonchev–Trinajstić information content (AvgIpc) is 2.29. The van der Waals surface area contributed by atoms with Crippen LogP contribution in [0.25, 0.3) is 0 Å². The second-order valence-electron chi connectivity index (χ2n) is 4.46. The van der Waals surface area contributed by atoms with Gasteiger partial charge in [0.05, 0.1) is 26.4 Å². The van der Waals surface area contributed by atoms with Gasteiger partial charge < -0.3 is 15.2 Å². The van der Waals surface area contributed by atoms with Gasteiger partial charge in [0.2, 0.25) is 0 Å². The molecule has 0 aromatic rings. The maximum Gasteiger partial charge on any atom is 0.401 e. The number of aliphatic hydroxyl groups is 1. The molecular weight excluding hydrogens is 249 g/mol. The number of aliphatic hydroxyl groups excluding tert-OH is 1. The number of halogens is 3. The highest BCUT2D eigenvalue weighted by Crippen LogP contribution is 2.19. The van der Waals surface area contributed by atoms with Crippen LogP contribution >= 0.6 is 0 Å². The molecule has 108 valence electrons. The Hall–Kier alpha value is -0.370. The molecule has 1 rings (SSSR count). The first-order valence-electron chi connectivity index (χ1n) is 6.22. The molecule has 1 aliphatic heterocycles. The van der Waals surface area contributed by atoms with Gasteiger partial charge in [-0.25, -0.2) is 0 Å². The molecule has 2 N–H and O–H groups in total. The zero-order valence-electron chi connectivity index (χ0n) is 10.4. The smallest absolute Gasteiger partial charge is 0.394 e. The molecule has 0 atom stereocenters. The second kappa shape index (κ2) is 7.93. The van der Waals surface area contributed by atoms with Crippen molar-refractivity contribution in [3.05, 3.63) is 0 Å². The minimum atomic E-state index is -4.10. The second-order valence-corrected chi connectivity index (χ2v) is 4.46. The molecule has 0 amide bonds. The van der Waals surface area contributed by atoms with Gasteiger partial charge in [-0.3, -0.25) is 4.90 Å². The van der Waals surface area contributed by atoms with Crippen LogP contribution in [0.3, 0.4) is 0 Å². The average molecular weight is 270 g/mol. The van der Waals surface area contributed by atoms with Crippen LogP contribution < -0.4 is 5.32 Å². The van der Waals surface area contributed by atoms with Crippen molar-refractivity contribution in [1.82, 2.24) is 10.2 Å². The van der Waals surface area contributed by atoms with Crippen LogP contribution in [0.15, 0.2) is 0 Å². The molecule has 1 fully saturated rings. The fraction of sp³-hybridized carbons (Fsp3) is 1.00. The number of hydrogen-bond donors (Lipinski definition) is 2. The van der Waals surface area contributed by atoms with E-state index in [4.69, 9.17) is 9.84 Å². The van der Waals surface area contributed by atoms with Crippen molar-refractivity contribution in [2.24, 2.45) is 0 Å². The zero-order chi connectivity index (χ0) is 13.4. The standard InChI is InChI=1S/C11H21F3N2O2/c12-11(13,14)9-16-4-1-10(2-5-16)15-3-7-18-8-6-17/h10,15,17H,1-9H2. The number of piperidine rings is 1. The molecule has 7 heteroatoms. The fourth-order valence-electron chi connectivity index (χ4n) is 2.05. The van der Waals surface area contributed by atoms with E-state index >= 15 is 0 Å². The van der Waals surface area contributed by atoms with E-state index in [1.165, 1.54) is 4.90 Å². The number of alkyl halides is 3. The summed E-state index contributed by atoms with van der Waals surface area (Å²) in [5.74, 6) is 0. The Morgan fingerprint density at radius 2 is 1.89 bits per heavy atom. The molecule has 0 unspecified atom stereocenters. The highest BCUT2D eigenvalue weighted by Gasteiger charge is 2.32. The van der Waals surface area contributed by atoms with Gasteiger partial charge in [-0.1, -0.05) is 0 Å². The third-order valence-electron chi connectivity index (χ3n) is 2.91. The SMILES string of the molecule is OCCOCCNC1CCN(CC(F)(F)F)CC1. The van der Waals surface area contributed by atoms with Crippen LogP contribution in [0.1, 0.15) is 12.8 Å². The van der Waals surface area contributed by atoms with Crippen LogP contribution in [0.4, 0.5) is 13.2 Å². The molecule has 0 radical (unpaired) electrons. The van der Waals surface area contributed by atoms with Crippen molar-refractivity contribution < 1.29 is 23.0 Å². The Balaban J connectivity index is 2.05. The number of hydrogen-bond acceptors (Lipinski definition) is 4. The molecule has 0 aromatic heterocycles. The van der Waals surface area contributed by atoms with E-state index in [0.29, 0.717) is 32.8 Å². The fourth-order valence-corrected chi connectivity index (χ4v) is 2.05. The summed E-state index contributed by atoms with van der Waals surface area (Å²) in [5.41, 5.74) is 0. The van der Waals surface area contributed by atoms with E-state index in [1.807, 2.05) is 0 Å². The minimum Gasteiger partial charge on any atom is -0.394 e. The Morgan fingerprint density at radius 3 is 2.44 bits per heavy atom. The topological polar surface area (TPSA) is 44.7 Å². The van der Waals surface area contributed by atoms with Gasteiger partial charge in [-0.2, -0.15) is 13.2 Å². The molecule has 18 heavy (non-hydrogen) atoms. The van der Waals surface area contributed by atoms with Gasteiger partial charge in [0.25, 0.3) is 0 Å². The van der Waals surface area contributed by atoms with Crippen molar-refractivity contribution >= 4 is 0 Å². The van der Waals surface area contributed by atoms with Gasteiger partial charge in [0.15, 0.2) is 0 Å². The third-order valence-corrected chi connectivity index (χ3v) is 2.91. The van der Waals surface area contributed by atoms with Crippen LogP contribution in [-0.4, -0.2) is 68.2 Å². The normalized spacial score (nSPS) is 19.3. The minimum absolute atomic E-state index is 0.00975. The molecule has 4 nitrogen and oxygen atoms in total. The van der Waals surface area contributed by atoms with Crippen LogP contribution in [0.2, 0.25) is 0 Å². The summed E-state index contributed by atoms with van der Waals surface area (Å²) >= 11 is 0. The number of nitrogens with one attached hydrogen (secondary N) is 1. The van der Waals surface area contributed by atoms with E-state index in [9.17, 15) is 13.2 Å². The molecule has 1 aliphatic rings. The van der Waals surface area contributed by atoms with E-state index in [1.54, 1.807) is 0 Å². The van der Waals surface area contributed by atoms with Crippen LogP contribution in [0.5, 0.6) is 0 Å². The van der Waals surface area contributed by atoms with Gasteiger partial charge >= 0.3 is 6.18 Å². The lowest BCUT2D eigenvalue weighted by atomic mass is 10.1. The van der Waals surface area contributed by atoms with Gasteiger partial charge in [0, 0.05) is 12.6 Å². The van der Waals surface area contributed by atoms with Gasteiger partial charge in [0.1, 0.15) is 0 Å². The number of likely N-dealkylation sites (tertiary alicyclic amines) is 1. The molecule has 1 heterocycles. The predicted octanol–water partition coefficient (Wildman–Crippen LogP) is 0.612. The lowest BCUT2D eigenvalue weighted by molar-refractivity contribution is -0.148. The summed E-state index contributed by atoms with van der Waals surface area (Å²) in [6, 6.07) is 0.271. The Bertz CT molecular complexity index is 219. The first-order chi connectivity index (χ1) is 8.51. The molecule has 0 spiro atoms. The first kappa shape index (κ1) is 15.7. The van der Waals surface area contributed by atoms with Crippen LogP contribution in [-0.2, 0) is 4.74 Å². The maximum atomic E-state index is 12.2. The summed E-state index contributed by atoms with van der Waals surface area (Å²) in [6.45, 7) is 1.68. The quantitative estimate of drug-likeness (QED) is 0.665. The first-order valence-corrected chi connectivity index (χ1v) is 6.22. The van der Waals surface area contributed by atoms with Crippen molar-refractivity contribution in [3.8, 4) is 0 Å². The lowest BCUT2D eigenvalue weighted by Gasteiger charge is -2.32. The summed E-state index contributed by atoms with van der Waals surface area (Å²) < 4.78 is 41.6. The molecule has 0 saturated carbocycles. The highest BCUT2D eigenvalue weighted by atomic mass is 19.4. The van der Waals surface area contributed by atoms with E-state index < -0.39 is 12.7 Å². The number of rotatable bonds is 7. The summed E-state index contributed by atoms with van der Waals surface area (Å²) in [4.78, 5) is 1.44. The highest BCUT2D eigenvalue weighted by molar-refractivity contribution is 4.78. The molecule has 0 aliphatic carbocycles. The largest absolute Gasteiger partial charge is 0.401 e. The summed E-state index contributed by atoms with van der Waals surface area (Å²) in [5, 5.41) is 11.7. The molecule has 0 bridgehead atoms. The summed E-state index contributed by atoms with van der Waals surface area (Å²) in [6.07, 6.45) is -2.63. The zero-order valence-corrected chi connectivity index (χ0v) is 10.4.